The van der Waals surface area contributed by atoms with Crippen molar-refractivity contribution in [3.8, 4) is 0 Å². The van der Waals surface area contributed by atoms with Crippen molar-refractivity contribution in [3.05, 3.63) is 12.7 Å². The summed E-state index contributed by atoms with van der Waals surface area (Å²) >= 11 is 0. The van der Waals surface area contributed by atoms with E-state index in [1.807, 2.05) is 41.5 Å². The maximum Gasteiger partial charge on any atom is 0.232 e. The quantitative estimate of drug-likeness (QED) is 0.417. The average Bonchev–Trinajstić information content (AvgIpc) is 2.89. The van der Waals surface area contributed by atoms with E-state index in [1.165, 1.54) is 6.08 Å². The lowest BCUT2D eigenvalue weighted by Gasteiger charge is -2.32. The Kier molecular flexibility index (Phi) is 11.0. The molecule has 0 bridgehead atoms. The fraction of sp³-hybridized carbons (Fsp3) is 0.727. The molecule has 1 aliphatic rings. The van der Waals surface area contributed by atoms with Gasteiger partial charge in [0.15, 0.2) is 5.78 Å². The molecule has 0 aliphatic carbocycles. The first kappa shape index (κ1) is 27.0. The summed E-state index contributed by atoms with van der Waals surface area (Å²) in [7, 11) is 0. The molecule has 0 spiro atoms. The van der Waals surface area contributed by atoms with Gasteiger partial charge in [-0.2, -0.15) is 0 Å². The molecule has 1 unspecified atom stereocenters. The molecule has 1 saturated heterocycles. The van der Waals surface area contributed by atoms with Crippen molar-refractivity contribution in [3.63, 3.8) is 0 Å². The first-order valence-electron chi connectivity index (χ1n) is 10.3. The van der Waals surface area contributed by atoms with Gasteiger partial charge in [0.25, 0.3) is 0 Å². The van der Waals surface area contributed by atoms with Crippen molar-refractivity contribution in [2.45, 2.75) is 85.3 Å². The molecule has 0 aromatic rings. The molecule has 29 heavy (non-hydrogen) atoms. The van der Waals surface area contributed by atoms with Crippen molar-refractivity contribution >= 4 is 23.5 Å². The van der Waals surface area contributed by atoms with Crippen LogP contribution in [0.15, 0.2) is 12.7 Å². The summed E-state index contributed by atoms with van der Waals surface area (Å²) in [5.74, 6) is -1.02. The van der Waals surface area contributed by atoms with Crippen LogP contribution in [0.5, 0.6) is 0 Å². The van der Waals surface area contributed by atoms with Gasteiger partial charge in [0, 0.05) is 31.7 Å². The van der Waals surface area contributed by atoms with E-state index in [4.69, 9.17) is 4.74 Å². The van der Waals surface area contributed by atoms with Crippen LogP contribution in [0.25, 0.3) is 0 Å². The Morgan fingerprint density at radius 2 is 1.79 bits per heavy atom. The standard InChI is InChI=1S/C20H32N2O5.C2H6/c1-7-15(23)8-10-20(5,6)27-13-19(3,4)21-16(24)9-11-22-17(25)12-14(2)18(22)26;1-2/h7,14H,1,8-13H2,2-6H3,(H,21,24);1-2H3. The molecule has 7 nitrogen and oxygen atoms in total. The van der Waals surface area contributed by atoms with Crippen LogP contribution in [-0.4, -0.2) is 52.7 Å². The van der Waals surface area contributed by atoms with Crippen LogP contribution in [0, 0.1) is 5.92 Å². The van der Waals surface area contributed by atoms with Crippen LogP contribution >= 0.6 is 0 Å². The molecular formula is C22H38N2O5. The van der Waals surface area contributed by atoms with E-state index < -0.39 is 11.1 Å². The highest BCUT2D eigenvalue weighted by Gasteiger charge is 2.35. The summed E-state index contributed by atoms with van der Waals surface area (Å²) in [6, 6.07) is 0. The van der Waals surface area contributed by atoms with Crippen LogP contribution in [0.2, 0.25) is 0 Å². The van der Waals surface area contributed by atoms with Gasteiger partial charge < -0.3 is 10.1 Å². The first-order valence-corrected chi connectivity index (χ1v) is 10.3. The summed E-state index contributed by atoms with van der Waals surface area (Å²) in [6.07, 6.45) is 2.49. The molecule has 3 amide bonds. The zero-order valence-electron chi connectivity index (χ0n) is 19.1. The number of amides is 3. The molecule has 1 atom stereocenters. The predicted octanol–water partition coefficient (Wildman–Crippen LogP) is 3.02. The summed E-state index contributed by atoms with van der Waals surface area (Å²) in [6.45, 7) is 17.0. The predicted molar refractivity (Wildman–Crippen MR) is 113 cm³/mol. The molecular weight excluding hydrogens is 372 g/mol. The van der Waals surface area contributed by atoms with Gasteiger partial charge in [-0.25, -0.2) is 0 Å². The van der Waals surface area contributed by atoms with Gasteiger partial charge in [-0.1, -0.05) is 27.4 Å². The second-order valence-electron chi connectivity index (χ2n) is 8.39. The highest BCUT2D eigenvalue weighted by Crippen LogP contribution is 2.20. The van der Waals surface area contributed by atoms with E-state index in [-0.39, 0.29) is 55.4 Å². The lowest BCUT2D eigenvalue weighted by atomic mass is 9.99. The molecule has 1 aliphatic heterocycles. The lowest BCUT2D eigenvalue weighted by molar-refractivity contribution is -0.139. The summed E-state index contributed by atoms with van der Waals surface area (Å²) < 4.78 is 5.90. The zero-order chi connectivity index (χ0) is 22.8. The molecule has 166 valence electrons. The minimum Gasteiger partial charge on any atom is -0.373 e. The van der Waals surface area contributed by atoms with E-state index in [0.29, 0.717) is 12.8 Å². The van der Waals surface area contributed by atoms with Crippen molar-refractivity contribution in [1.29, 1.82) is 0 Å². The van der Waals surface area contributed by atoms with Gasteiger partial charge in [0.1, 0.15) is 0 Å². The topological polar surface area (TPSA) is 92.8 Å². The van der Waals surface area contributed by atoms with E-state index >= 15 is 0 Å². The Hall–Kier alpha value is -2.02. The van der Waals surface area contributed by atoms with Crippen molar-refractivity contribution in [2.75, 3.05) is 13.2 Å². The lowest BCUT2D eigenvalue weighted by Crippen LogP contribution is -2.49. The van der Waals surface area contributed by atoms with Gasteiger partial charge >= 0.3 is 0 Å². The molecule has 0 aromatic heterocycles. The van der Waals surface area contributed by atoms with Gasteiger partial charge in [-0.3, -0.25) is 24.1 Å². The van der Waals surface area contributed by atoms with Gasteiger partial charge in [0.05, 0.1) is 17.7 Å². The molecule has 7 heteroatoms. The van der Waals surface area contributed by atoms with E-state index in [2.05, 4.69) is 11.9 Å². The Morgan fingerprint density at radius 1 is 1.21 bits per heavy atom. The van der Waals surface area contributed by atoms with Gasteiger partial charge in [-0.05, 0) is 40.2 Å². The van der Waals surface area contributed by atoms with Crippen molar-refractivity contribution < 1.29 is 23.9 Å². The van der Waals surface area contributed by atoms with Crippen LogP contribution < -0.4 is 5.32 Å². The number of hydrogen-bond donors (Lipinski definition) is 1. The minimum atomic E-state index is -0.622. The number of allylic oxidation sites excluding steroid dienone is 1. The van der Waals surface area contributed by atoms with E-state index in [0.717, 1.165) is 4.90 Å². The third-order valence-corrected chi connectivity index (χ3v) is 4.53. The van der Waals surface area contributed by atoms with E-state index in [1.54, 1.807) is 6.92 Å². The normalized spacial score (nSPS) is 16.9. The number of hydrogen-bond acceptors (Lipinski definition) is 5. The van der Waals surface area contributed by atoms with Crippen LogP contribution in [0.4, 0.5) is 0 Å². The minimum absolute atomic E-state index is 0.0282. The number of nitrogens with one attached hydrogen (secondary N) is 1. The number of imide groups is 1. The molecule has 1 heterocycles. The van der Waals surface area contributed by atoms with Crippen LogP contribution in [-0.2, 0) is 23.9 Å². The maximum absolute atomic E-state index is 12.2. The number of ketones is 1. The molecule has 1 fully saturated rings. The van der Waals surface area contributed by atoms with Crippen molar-refractivity contribution in [2.24, 2.45) is 5.92 Å². The molecule has 0 saturated carbocycles. The highest BCUT2D eigenvalue weighted by molar-refractivity contribution is 6.03. The van der Waals surface area contributed by atoms with Gasteiger partial charge in [0.2, 0.25) is 17.7 Å². The molecule has 1 rings (SSSR count). The summed E-state index contributed by atoms with van der Waals surface area (Å²) in [5.41, 5.74) is -1.13. The Labute approximate surface area is 175 Å². The fourth-order valence-corrected chi connectivity index (χ4v) is 2.75. The maximum atomic E-state index is 12.2. The number of carbonyl (C=O) groups is 4. The fourth-order valence-electron chi connectivity index (χ4n) is 2.75. The smallest absolute Gasteiger partial charge is 0.232 e. The van der Waals surface area contributed by atoms with Crippen LogP contribution in [0.1, 0.15) is 74.1 Å². The highest BCUT2D eigenvalue weighted by atomic mass is 16.5. The number of nitrogens with zero attached hydrogens (tertiary/aromatic N) is 1. The monoisotopic (exact) mass is 410 g/mol. The second kappa shape index (κ2) is 11.9. The molecule has 0 radical (unpaired) electrons. The van der Waals surface area contributed by atoms with Gasteiger partial charge in [-0.15, -0.1) is 0 Å². The number of rotatable bonds is 11. The molecule has 0 aromatic carbocycles. The Morgan fingerprint density at radius 3 is 2.28 bits per heavy atom. The zero-order valence-corrected chi connectivity index (χ0v) is 19.1. The number of carbonyl (C=O) groups excluding carboxylic acids is 4. The average molecular weight is 411 g/mol. The summed E-state index contributed by atoms with van der Waals surface area (Å²) in [4.78, 5) is 48.4. The molecule has 1 N–H and O–H groups in total. The van der Waals surface area contributed by atoms with Crippen LogP contribution in [0.3, 0.4) is 0 Å². The summed E-state index contributed by atoms with van der Waals surface area (Å²) in [5, 5.41) is 2.87. The SMILES string of the molecule is C=CC(=O)CCC(C)(C)OCC(C)(C)NC(=O)CCN1C(=O)CC(C)C1=O.CC. The van der Waals surface area contributed by atoms with Crippen molar-refractivity contribution in [1.82, 2.24) is 10.2 Å². The largest absolute Gasteiger partial charge is 0.373 e. The third kappa shape index (κ3) is 9.83. The second-order valence-corrected chi connectivity index (χ2v) is 8.39. The van der Waals surface area contributed by atoms with E-state index in [9.17, 15) is 19.2 Å². The Balaban J connectivity index is 0.00000379. The Bertz CT molecular complexity index is 610. The number of likely N-dealkylation sites (tertiary alicyclic amines) is 1. The first-order chi connectivity index (χ1) is 13.4. The number of ether oxygens (including phenoxy) is 1. The third-order valence-electron chi connectivity index (χ3n) is 4.53.